The average molecular weight is 370 g/mol. The number of aliphatic hydroxyl groups excluding tert-OH is 2. The van der Waals surface area contributed by atoms with Gasteiger partial charge in [0.15, 0.2) is 0 Å². The zero-order valence-corrected chi connectivity index (χ0v) is 14.3. The fraction of sp³-hybridized carbons (Fsp3) is 0.500. The van der Waals surface area contributed by atoms with Gasteiger partial charge in [0.05, 0.1) is 11.3 Å². The van der Waals surface area contributed by atoms with E-state index in [1.807, 2.05) is 0 Å². The third-order valence-corrected chi connectivity index (χ3v) is 4.82. The highest BCUT2D eigenvalue weighted by Crippen LogP contribution is 2.33. The SMILES string of the molecule is Cc1oc(-c2cccc(C(F)(F)F)c2)nc1CN1CC(CO)C(CO)C1. The van der Waals surface area contributed by atoms with Gasteiger partial charge >= 0.3 is 6.18 Å². The van der Waals surface area contributed by atoms with E-state index in [9.17, 15) is 23.4 Å². The summed E-state index contributed by atoms with van der Waals surface area (Å²) in [6, 6.07) is 4.89. The van der Waals surface area contributed by atoms with Crippen molar-refractivity contribution in [2.24, 2.45) is 11.8 Å². The number of likely N-dealkylation sites (tertiary alicyclic amines) is 1. The quantitative estimate of drug-likeness (QED) is 0.847. The molecule has 1 aliphatic rings. The molecule has 2 unspecified atom stereocenters. The molecule has 2 heterocycles. The number of hydrogen-bond acceptors (Lipinski definition) is 5. The number of hydrogen-bond donors (Lipinski definition) is 2. The fourth-order valence-corrected chi connectivity index (χ4v) is 3.32. The number of halogens is 3. The Labute approximate surface area is 149 Å². The normalized spacial score (nSPS) is 21.5. The maximum absolute atomic E-state index is 12.9. The lowest BCUT2D eigenvalue weighted by Crippen LogP contribution is -2.21. The smallest absolute Gasteiger partial charge is 0.416 e. The van der Waals surface area contributed by atoms with E-state index in [-0.39, 0.29) is 36.5 Å². The summed E-state index contributed by atoms with van der Waals surface area (Å²) in [4.78, 5) is 6.43. The zero-order valence-electron chi connectivity index (χ0n) is 14.3. The Morgan fingerprint density at radius 3 is 2.42 bits per heavy atom. The number of aryl methyl sites for hydroxylation is 1. The number of alkyl halides is 3. The minimum Gasteiger partial charge on any atom is -0.441 e. The molecule has 1 aromatic carbocycles. The van der Waals surface area contributed by atoms with Gasteiger partial charge in [-0.15, -0.1) is 0 Å². The van der Waals surface area contributed by atoms with Crippen LogP contribution in [0.5, 0.6) is 0 Å². The number of oxazole rings is 1. The summed E-state index contributed by atoms with van der Waals surface area (Å²) in [6.07, 6.45) is -4.42. The van der Waals surface area contributed by atoms with Crippen molar-refractivity contribution in [1.82, 2.24) is 9.88 Å². The number of nitrogens with zero attached hydrogens (tertiary/aromatic N) is 2. The second-order valence-electron chi connectivity index (χ2n) is 6.68. The van der Waals surface area contributed by atoms with Gasteiger partial charge in [0.2, 0.25) is 5.89 Å². The molecule has 0 amide bonds. The fourth-order valence-electron chi connectivity index (χ4n) is 3.32. The van der Waals surface area contributed by atoms with Crippen LogP contribution in [-0.2, 0) is 12.7 Å². The van der Waals surface area contributed by atoms with Crippen molar-refractivity contribution in [2.75, 3.05) is 26.3 Å². The molecule has 142 valence electrons. The Morgan fingerprint density at radius 2 is 1.85 bits per heavy atom. The molecule has 2 atom stereocenters. The van der Waals surface area contributed by atoms with Crippen LogP contribution in [0.15, 0.2) is 28.7 Å². The van der Waals surface area contributed by atoms with Crippen LogP contribution in [0.1, 0.15) is 17.0 Å². The molecule has 1 aromatic heterocycles. The zero-order chi connectivity index (χ0) is 18.9. The molecule has 1 fully saturated rings. The van der Waals surface area contributed by atoms with Gasteiger partial charge in [-0.3, -0.25) is 4.90 Å². The van der Waals surface area contributed by atoms with Crippen LogP contribution in [0, 0.1) is 18.8 Å². The van der Waals surface area contributed by atoms with Crippen LogP contribution in [0.3, 0.4) is 0 Å². The Balaban J connectivity index is 1.78. The molecule has 26 heavy (non-hydrogen) atoms. The van der Waals surface area contributed by atoms with E-state index in [0.717, 1.165) is 12.1 Å². The molecule has 8 heteroatoms. The van der Waals surface area contributed by atoms with Crippen molar-refractivity contribution >= 4 is 0 Å². The molecule has 0 bridgehead atoms. The second-order valence-corrected chi connectivity index (χ2v) is 6.68. The number of benzene rings is 1. The van der Waals surface area contributed by atoms with Gasteiger partial charge in [0.25, 0.3) is 0 Å². The van der Waals surface area contributed by atoms with Crippen LogP contribution < -0.4 is 0 Å². The summed E-state index contributed by atoms with van der Waals surface area (Å²) in [7, 11) is 0. The average Bonchev–Trinajstić information content (AvgIpc) is 3.18. The van der Waals surface area contributed by atoms with Crippen LogP contribution in [0.2, 0.25) is 0 Å². The van der Waals surface area contributed by atoms with E-state index in [1.54, 1.807) is 6.92 Å². The van der Waals surface area contributed by atoms with Crippen LogP contribution in [-0.4, -0.2) is 46.4 Å². The minimum absolute atomic E-state index is 0.00894. The molecular weight excluding hydrogens is 349 g/mol. The van der Waals surface area contributed by atoms with Gasteiger partial charge < -0.3 is 14.6 Å². The minimum atomic E-state index is -4.42. The Kier molecular flexibility index (Phi) is 5.36. The highest BCUT2D eigenvalue weighted by atomic mass is 19.4. The molecule has 2 aromatic rings. The first-order valence-electron chi connectivity index (χ1n) is 8.39. The predicted molar refractivity (Wildman–Crippen MR) is 88.1 cm³/mol. The first-order chi connectivity index (χ1) is 12.3. The predicted octanol–water partition coefficient (Wildman–Crippen LogP) is 2.70. The molecule has 0 radical (unpaired) electrons. The summed E-state index contributed by atoms with van der Waals surface area (Å²) in [5, 5.41) is 18.8. The summed E-state index contributed by atoms with van der Waals surface area (Å²) >= 11 is 0. The summed E-state index contributed by atoms with van der Waals surface area (Å²) in [5.74, 6) is 0.718. The van der Waals surface area contributed by atoms with Gasteiger partial charge in [0, 0.05) is 50.2 Å². The lowest BCUT2D eigenvalue weighted by molar-refractivity contribution is -0.137. The van der Waals surface area contributed by atoms with Gasteiger partial charge in [0.1, 0.15) is 5.76 Å². The van der Waals surface area contributed by atoms with Gasteiger partial charge in [-0.05, 0) is 25.1 Å². The Bertz CT molecular complexity index is 748. The molecule has 0 saturated carbocycles. The molecule has 1 saturated heterocycles. The van der Waals surface area contributed by atoms with Crippen LogP contribution in [0.25, 0.3) is 11.5 Å². The van der Waals surface area contributed by atoms with E-state index in [0.29, 0.717) is 31.1 Å². The second kappa shape index (κ2) is 7.38. The van der Waals surface area contributed by atoms with Crippen molar-refractivity contribution < 1.29 is 27.8 Å². The topological polar surface area (TPSA) is 69.7 Å². The third-order valence-electron chi connectivity index (χ3n) is 4.82. The summed E-state index contributed by atoms with van der Waals surface area (Å²) in [5.41, 5.74) is 0.174. The highest BCUT2D eigenvalue weighted by molar-refractivity contribution is 5.55. The van der Waals surface area contributed by atoms with Crippen molar-refractivity contribution in [2.45, 2.75) is 19.6 Å². The van der Waals surface area contributed by atoms with E-state index >= 15 is 0 Å². The first-order valence-corrected chi connectivity index (χ1v) is 8.39. The van der Waals surface area contributed by atoms with Gasteiger partial charge in [-0.25, -0.2) is 4.98 Å². The van der Waals surface area contributed by atoms with Crippen molar-refractivity contribution in [3.8, 4) is 11.5 Å². The summed E-state index contributed by atoms with van der Waals surface area (Å²) < 4.78 is 44.2. The number of aliphatic hydroxyl groups is 2. The van der Waals surface area contributed by atoms with E-state index in [4.69, 9.17) is 4.42 Å². The summed E-state index contributed by atoms with van der Waals surface area (Å²) in [6.45, 7) is 3.47. The lowest BCUT2D eigenvalue weighted by atomic mass is 9.98. The molecule has 1 aliphatic heterocycles. The molecule has 0 spiro atoms. The van der Waals surface area contributed by atoms with Crippen molar-refractivity contribution in [1.29, 1.82) is 0 Å². The third kappa shape index (κ3) is 3.92. The molecule has 3 rings (SSSR count). The number of aromatic nitrogens is 1. The van der Waals surface area contributed by atoms with E-state index in [1.165, 1.54) is 12.1 Å². The van der Waals surface area contributed by atoms with Crippen molar-refractivity contribution in [3.63, 3.8) is 0 Å². The van der Waals surface area contributed by atoms with Crippen LogP contribution >= 0.6 is 0 Å². The van der Waals surface area contributed by atoms with Crippen LogP contribution in [0.4, 0.5) is 13.2 Å². The highest BCUT2D eigenvalue weighted by Gasteiger charge is 2.33. The van der Waals surface area contributed by atoms with Crippen molar-refractivity contribution in [3.05, 3.63) is 41.3 Å². The first kappa shape index (κ1) is 18.9. The maximum atomic E-state index is 12.9. The van der Waals surface area contributed by atoms with E-state index in [2.05, 4.69) is 9.88 Å². The Morgan fingerprint density at radius 1 is 1.19 bits per heavy atom. The monoisotopic (exact) mass is 370 g/mol. The van der Waals surface area contributed by atoms with Gasteiger partial charge in [-0.1, -0.05) is 6.07 Å². The Hall–Kier alpha value is -1.90. The molecule has 0 aliphatic carbocycles. The molecule has 5 nitrogen and oxygen atoms in total. The largest absolute Gasteiger partial charge is 0.441 e. The number of rotatable bonds is 5. The lowest BCUT2D eigenvalue weighted by Gasteiger charge is -2.13. The standard InChI is InChI=1S/C18H21F3N2O3/c1-11-16(8-23-6-13(9-24)14(7-23)10-25)22-17(26-11)12-3-2-4-15(5-12)18(19,20)21/h2-5,13-14,24-25H,6-10H2,1H3. The van der Waals surface area contributed by atoms with E-state index < -0.39 is 11.7 Å². The van der Waals surface area contributed by atoms with Gasteiger partial charge in [-0.2, -0.15) is 13.2 Å². The molecule has 2 N–H and O–H groups in total. The molecular formula is C18H21F3N2O3. The maximum Gasteiger partial charge on any atom is 0.416 e.